The van der Waals surface area contributed by atoms with Crippen molar-refractivity contribution < 1.29 is 14.6 Å². The van der Waals surface area contributed by atoms with Crippen LogP contribution in [0.5, 0.6) is 11.5 Å². The molecule has 2 aromatic heterocycles. The Bertz CT molecular complexity index is 1340. The smallest absolute Gasteiger partial charge is 0.251 e. The fraction of sp³-hybridized carbons (Fsp3) is 0.240. The van der Waals surface area contributed by atoms with Crippen molar-refractivity contribution >= 4 is 57.0 Å². The number of nitrogens with zero attached hydrogens (tertiary/aromatic N) is 3. The summed E-state index contributed by atoms with van der Waals surface area (Å²) >= 11 is 2.42. The Morgan fingerprint density at radius 3 is 2.71 bits per heavy atom. The number of carbonyl (C=O) groups is 1. The van der Waals surface area contributed by atoms with Gasteiger partial charge in [-0.1, -0.05) is 48.6 Å². The number of aryl methyl sites for hydroxylation is 1. The molecule has 3 N–H and O–H groups in total. The molecule has 8 nitrogen and oxygen atoms in total. The Morgan fingerprint density at radius 1 is 1.15 bits per heavy atom. The molecule has 4 aromatic rings. The molecule has 2 aromatic carbocycles. The molecule has 2 heterocycles. The van der Waals surface area contributed by atoms with Gasteiger partial charge in [0, 0.05) is 35.5 Å². The summed E-state index contributed by atoms with van der Waals surface area (Å²) in [4.78, 5) is 20.2. The van der Waals surface area contributed by atoms with Crippen LogP contribution in [0.2, 0.25) is 0 Å². The number of hydrogen-bond donors (Lipinski definition) is 3. The summed E-state index contributed by atoms with van der Waals surface area (Å²) in [5.74, 6) is 1.60. The highest BCUT2D eigenvalue weighted by Gasteiger charge is 2.19. The molecule has 0 atom stereocenters. The number of anilines is 3. The van der Waals surface area contributed by atoms with Crippen molar-refractivity contribution in [2.45, 2.75) is 19.3 Å². The van der Waals surface area contributed by atoms with Crippen LogP contribution in [0.1, 0.15) is 19.4 Å². The summed E-state index contributed by atoms with van der Waals surface area (Å²) in [6.45, 7) is 3.86. The first-order valence-electron chi connectivity index (χ1n) is 10.7. The summed E-state index contributed by atoms with van der Waals surface area (Å²) in [5.41, 5.74) is 4.09. The number of hydrogen-bond acceptors (Lipinski definition) is 6. The molecule has 0 aliphatic rings. The van der Waals surface area contributed by atoms with Crippen LogP contribution in [0.15, 0.2) is 60.8 Å². The molecule has 0 aliphatic carbocycles. The molecule has 4 rings (SSSR count). The van der Waals surface area contributed by atoms with Crippen molar-refractivity contribution in [1.29, 1.82) is 0 Å². The van der Waals surface area contributed by atoms with Gasteiger partial charge in [0.2, 0.25) is 5.95 Å². The van der Waals surface area contributed by atoms with E-state index in [1.54, 1.807) is 12.1 Å². The van der Waals surface area contributed by atoms with Gasteiger partial charge in [-0.25, -0.2) is 9.97 Å². The first-order valence-corrected chi connectivity index (χ1v) is 12.3. The molecule has 1 amide bonds. The SMILES string of the molecule is Cn1c(Nc2cccc(C(C)(C)CI)c2)nc2cc(Oc3ccnc(NC(=O)CO)c3)ccc21. The van der Waals surface area contributed by atoms with Crippen LogP contribution >= 0.6 is 22.6 Å². The highest BCUT2D eigenvalue weighted by atomic mass is 127. The van der Waals surface area contributed by atoms with E-state index >= 15 is 0 Å². The monoisotopic (exact) mass is 571 g/mol. The summed E-state index contributed by atoms with van der Waals surface area (Å²) in [6, 6.07) is 17.4. The number of carbonyl (C=O) groups excluding carboxylic acids is 1. The second kappa shape index (κ2) is 9.98. The maximum atomic E-state index is 11.4. The maximum Gasteiger partial charge on any atom is 0.251 e. The topological polar surface area (TPSA) is 101 Å². The predicted octanol–water partition coefficient (Wildman–Crippen LogP) is 5.15. The quantitative estimate of drug-likeness (QED) is 0.200. The third-order valence-electron chi connectivity index (χ3n) is 5.46. The Morgan fingerprint density at radius 2 is 1.94 bits per heavy atom. The zero-order valence-electron chi connectivity index (χ0n) is 19.2. The molecule has 176 valence electrons. The van der Waals surface area contributed by atoms with Crippen molar-refractivity contribution in [2.24, 2.45) is 7.05 Å². The minimum Gasteiger partial charge on any atom is -0.457 e. The third-order valence-corrected chi connectivity index (χ3v) is 7.37. The van der Waals surface area contributed by atoms with Crippen molar-refractivity contribution in [1.82, 2.24) is 14.5 Å². The molecule has 0 radical (unpaired) electrons. The number of fused-ring (bicyclic) bond motifs is 1. The van der Waals surface area contributed by atoms with Crippen molar-refractivity contribution in [3.05, 3.63) is 66.4 Å². The fourth-order valence-electron chi connectivity index (χ4n) is 3.44. The molecule has 0 bridgehead atoms. The Hall–Kier alpha value is -3.18. The maximum absolute atomic E-state index is 11.4. The van der Waals surface area contributed by atoms with E-state index in [9.17, 15) is 4.79 Å². The van der Waals surface area contributed by atoms with Crippen LogP contribution < -0.4 is 15.4 Å². The van der Waals surface area contributed by atoms with Crippen LogP contribution in [0.25, 0.3) is 11.0 Å². The third kappa shape index (κ3) is 5.31. The normalized spacial score (nSPS) is 11.4. The highest BCUT2D eigenvalue weighted by molar-refractivity contribution is 14.1. The molecule has 0 unspecified atom stereocenters. The minimum absolute atomic E-state index is 0.0879. The number of nitrogens with one attached hydrogen (secondary N) is 2. The standard InChI is InChI=1S/C25H26IN5O3/c1-25(2,15-26)16-5-4-6-17(11-16)28-24-29-20-12-18(7-8-21(20)31(24)3)34-19-9-10-27-22(13-19)30-23(33)14-32/h4-13,32H,14-15H2,1-3H3,(H,28,29)(H,27,30,33). The molecule has 0 saturated carbocycles. The van der Waals surface area contributed by atoms with E-state index in [2.05, 4.69) is 70.3 Å². The summed E-state index contributed by atoms with van der Waals surface area (Å²) < 4.78 is 8.98. The summed E-state index contributed by atoms with van der Waals surface area (Å²) in [7, 11) is 1.97. The molecular formula is C25H26IN5O3. The Kier molecular flexibility index (Phi) is 7.03. The number of amides is 1. The van der Waals surface area contributed by atoms with Crippen molar-refractivity contribution in [3.8, 4) is 11.5 Å². The van der Waals surface area contributed by atoms with Crippen LogP contribution in [0.3, 0.4) is 0 Å². The second-order valence-electron chi connectivity index (χ2n) is 8.55. The molecule has 0 saturated heterocycles. The number of aliphatic hydroxyl groups excluding tert-OH is 1. The van der Waals surface area contributed by atoms with Gasteiger partial charge in [0.1, 0.15) is 23.9 Å². The van der Waals surface area contributed by atoms with Crippen molar-refractivity contribution in [2.75, 3.05) is 21.7 Å². The van der Waals surface area contributed by atoms with Crippen molar-refractivity contribution in [3.63, 3.8) is 0 Å². The number of aromatic nitrogens is 3. The summed E-state index contributed by atoms with van der Waals surface area (Å²) in [5, 5.41) is 14.8. The molecular weight excluding hydrogens is 545 g/mol. The summed E-state index contributed by atoms with van der Waals surface area (Å²) in [6.07, 6.45) is 1.52. The largest absolute Gasteiger partial charge is 0.457 e. The highest BCUT2D eigenvalue weighted by Crippen LogP contribution is 2.31. The molecule has 9 heteroatoms. The lowest BCUT2D eigenvalue weighted by Crippen LogP contribution is -2.18. The van der Waals surface area contributed by atoms with E-state index < -0.39 is 12.5 Å². The van der Waals surface area contributed by atoms with E-state index in [4.69, 9.17) is 14.8 Å². The molecule has 34 heavy (non-hydrogen) atoms. The average Bonchev–Trinajstić information content (AvgIpc) is 3.13. The first kappa shape index (κ1) is 24.0. The minimum atomic E-state index is -0.611. The number of imidazole rings is 1. The van der Waals surface area contributed by atoms with Gasteiger partial charge in [0.05, 0.1) is 11.0 Å². The number of rotatable bonds is 8. The lowest BCUT2D eigenvalue weighted by atomic mass is 9.87. The zero-order valence-corrected chi connectivity index (χ0v) is 21.3. The Balaban J connectivity index is 1.56. The number of ether oxygens (including phenoxy) is 1. The van der Waals surface area contributed by atoms with Crippen LogP contribution in [0, 0.1) is 0 Å². The van der Waals surface area contributed by atoms with Crippen LogP contribution in [-0.2, 0) is 17.3 Å². The van der Waals surface area contributed by atoms with Gasteiger partial charge in [0.15, 0.2) is 0 Å². The number of halogens is 1. The van der Waals surface area contributed by atoms with E-state index in [-0.39, 0.29) is 5.41 Å². The van der Waals surface area contributed by atoms with Crippen LogP contribution in [-0.4, -0.2) is 36.6 Å². The van der Waals surface area contributed by atoms with Gasteiger partial charge in [-0.3, -0.25) is 4.79 Å². The van der Waals surface area contributed by atoms with E-state index in [0.29, 0.717) is 17.3 Å². The van der Waals surface area contributed by atoms with Gasteiger partial charge in [-0.2, -0.15) is 0 Å². The molecule has 0 spiro atoms. The van der Waals surface area contributed by atoms with Gasteiger partial charge in [-0.05, 0) is 41.3 Å². The first-order chi connectivity index (χ1) is 16.3. The van der Waals surface area contributed by atoms with Gasteiger partial charge >= 0.3 is 0 Å². The lowest BCUT2D eigenvalue weighted by molar-refractivity contribution is -0.118. The van der Waals surface area contributed by atoms with E-state index in [1.165, 1.54) is 11.8 Å². The lowest BCUT2D eigenvalue weighted by Gasteiger charge is -2.23. The number of aliphatic hydroxyl groups is 1. The second-order valence-corrected chi connectivity index (χ2v) is 9.32. The zero-order chi connectivity index (χ0) is 24.3. The predicted molar refractivity (Wildman–Crippen MR) is 142 cm³/mol. The average molecular weight is 571 g/mol. The fourth-order valence-corrected chi connectivity index (χ4v) is 3.88. The van der Waals surface area contributed by atoms with Gasteiger partial charge < -0.3 is 25.0 Å². The molecule has 0 fully saturated rings. The van der Waals surface area contributed by atoms with Gasteiger partial charge in [0.25, 0.3) is 5.91 Å². The Labute approximate surface area is 211 Å². The van der Waals surface area contributed by atoms with E-state index in [0.717, 1.165) is 27.1 Å². The van der Waals surface area contributed by atoms with Gasteiger partial charge in [-0.15, -0.1) is 0 Å². The number of alkyl halides is 1. The molecule has 0 aliphatic heterocycles. The van der Waals surface area contributed by atoms with E-state index in [1.807, 2.05) is 35.9 Å². The number of benzene rings is 2. The number of pyridine rings is 1. The van der Waals surface area contributed by atoms with Crippen LogP contribution in [0.4, 0.5) is 17.5 Å².